The topological polar surface area (TPSA) is 41.6 Å². The van der Waals surface area contributed by atoms with Crippen LogP contribution in [-0.4, -0.2) is 29.2 Å². The van der Waals surface area contributed by atoms with Crippen LogP contribution in [0.25, 0.3) is 10.8 Å². The summed E-state index contributed by atoms with van der Waals surface area (Å²) in [5, 5.41) is 2.18. The fraction of sp³-hybridized carbons (Fsp3) is 0.476. The molecule has 0 saturated carbocycles. The van der Waals surface area contributed by atoms with E-state index in [1.54, 1.807) is 50.2 Å². The number of fused-ring (bicyclic) bond motifs is 1. The van der Waals surface area contributed by atoms with Crippen molar-refractivity contribution in [2.45, 2.75) is 51.9 Å². The van der Waals surface area contributed by atoms with Gasteiger partial charge in [0.15, 0.2) is 6.04 Å². The highest BCUT2D eigenvalue weighted by Crippen LogP contribution is 2.48. The molecule has 0 spiro atoms. The molecule has 4 nitrogen and oxygen atoms in total. The Kier molecular flexibility index (Phi) is 5.32. The summed E-state index contributed by atoms with van der Waals surface area (Å²) in [5.74, 6) is -0.0811. The predicted molar refractivity (Wildman–Crippen MR) is 102 cm³/mol. The molecule has 0 aromatic heterocycles. The number of ether oxygens (including phenoxy) is 1. The van der Waals surface area contributed by atoms with Crippen molar-refractivity contribution in [2.75, 3.05) is 6.61 Å². The van der Waals surface area contributed by atoms with Gasteiger partial charge in [-0.25, -0.2) is 0 Å². The predicted octanol–water partition coefficient (Wildman–Crippen LogP) is 4.99. The lowest BCUT2D eigenvalue weighted by atomic mass is 9.93. The molecule has 7 heteroatoms. The molecule has 0 bridgehead atoms. The van der Waals surface area contributed by atoms with Gasteiger partial charge in [0.25, 0.3) is 0 Å². The van der Waals surface area contributed by atoms with Gasteiger partial charge >= 0.3 is 6.18 Å². The van der Waals surface area contributed by atoms with Crippen LogP contribution in [0.1, 0.15) is 45.7 Å². The molecule has 2 aromatic rings. The number of halogens is 3. The number of hydrogen-bond donors (Lipinski definition) is 1. The van der Waals surface area contributed by atoms with Crippen molar-refractivity contribution in [2.24, 2.45) is 5.92 Å². The van der Waals surface area contributed by atoms with Gasteiger partial charge in [-0.05, 0) is 36.6 Å². The fourth-order valence-electron chi connectivity index (χ4n) is 3.60. The van der Waals surface area contributed by atoms with Gasteiger partial charge in [0, 0.05) is 17.5 Å². The van der Waals surface area contributed by atoms with E-state index in [4.69, 9.17) is 4.74 Å². The number of alkyl halides is 3. The Morgan fingerprint density at radius 1 is 1.18 bits per heavy atom. The second kappa shape index (κ2) is 7.28. The molecule has 152 valence electrons. The molecule has 2 aromatic carbocycles. The molecule has 0 unspecified atom stereocenters. The first kappa shape index (κ1) is 20.5. The Balaban J connectivity index is 2.23. The molecule has 3 rings (SSSR count). The third-order valence-corrected chi connectivity index (χ3v) is 4.84. The summed E-state index contributed by atoms with van der Waals surface area (Å²) in [6.07, 6.45) is -4.62. The summed E-state index contributed by atoms with van der Waals surface area (Å²) in [5.41, 5.74) is 1.46. The van der Waals surface area contributed by atoms with E-state index in [-0.39, 0.29) is 23.7 Å². The number of rotatable bonds is 5. The molecule has 1 saturated heterocycles. The molecular weight excluding hydrogens is 369 g/mol. The molecule has 0 aliphatic carbocycles. The number of nitrogens with one attached hydrogen (secondary N) is 1. The normalized spacial score (nSPS) is 18.5. The molecule has 1 aliphatic rings. The first-order chi connectivity index (χ1) is 13.0. The van der Waals surface area contributed by atoms with Crippen molar-refractivity contribution in [1.82, 2.24) is 10.4 Å². The Hall–Kier alpha value is -2.28. The summed E-state index contributed by atoms with van der Waals surface area (Å²) >= 11 is 0. The van der Waals surface area contributed by atoms with Crippen molar-refractivity contribution in [3.63, 3.8) is 0 Å². The van der Waals surface area contributed by atoms with Crippen LogP contribution in [0.5, 0.6) is 5.75 Å². The maximum Gasteiger partial charge on any atom is 0.410 e. The van der Waals surface area contributed by atoms with Crippen LogP contribution >= 0.6 is 0 Å². The van der Waals surface area contributed by atoms with Crippen molar-refractivity contribution < 1.29 is 22.7 Å². The molecule has 1 atom stereocenters. The van der Waals surface area contributed by atoms with Crippen molar-refractivity contribution in [3.8, 4) is 5.75 Å². The minimum atomic E-state index is -4.62. The van der Waals surface area contributed by atoms with Crippen LogP contribution in [0.15, 0.2) is 36.4 Å². The summed E-state index contributed by atoms with van der Waals surface area (Å²) in [7, 11) is 0. The second-order valence-electron chi connectivity index (χ2n) is 8.24. The minimum absolute atomic E-state index is 0.00741. The Bertz CT molecular complexity index is 878. The zero-order valence-electron chi connectivity index (χ0n) is 16.4. The first-order valence-corrected chi connectivity index (χ1v) is 9.30. The summed E-state index contributed by atoms with van der Waals surface area (Å²) in [6.45, 7) is 7.43. The molecular formula is C21H25F3N2O2. The molecule has 0 radical (unpaired) electrons. The van der Waals surface area contributed by atoms with Gasteiger partial charge in [-0.2, -0.15) is 18.2 Å². The molecule has 1 N–H and O–H groups in total. The number of benzene rings is 2. The van der Waals surface area contributed by atoms with E-state index in [1.807, 2.05) is 13.8 Å². The quantitative estimate of drug-likeness (QED) is 0.777. The van der Waals surface area contributed by atoms with Gasteiger partial charge in [-0.3, -0.25) is 10.2 Å². The van der Waals surface area contributed by atoms with Crippen LogP contribution in [0.2, 0.25) is 0 Å². The molecule has 28 heavy (non-hydrogen) atoms. The molecule has 1 amide bonds. The van der Waals surface area contributed by atoms with E-state index in [0.717, 1.165) is 5.01 Å². The summed E-state index contributed by atoms with van der Waals surface area (Å²) in [6, 6.07) is 8.24. The average Bonchev–Trinajstić information content (AvgIpc) is 2.84. The van der Waals surface area contributed by atoms with Crippen LogP contribution in [0.3, 0.4) is 0 Å². The maximum absolute atomic E-state index is 14.4. The zero-order chi connectivity index (χ0) is 20.7. The standard InChI is InChI=1S/C21H25F3N2O2/c1-13(2)12-28-16-10-9-14-7-5-6-8-15(14)18(16)19(21(22,23)24)26-20(3,4)11-17(27)25-26/h5-10,13,19H,11-12H2,1-4H3,(H,25,27)/t19-/m0/s1. The largest absolute Gasteiger partial charge is 0.493 e. The van der Waals surface area contributed by atoms with Gasteiger partial charge in [0.05, 0.1) is 6.61 Å². The third-order valence-electron chi connectivity index (χ3n) is 4.84. The fourth-order valence-corrected chi connectivity index (χ4v) is 3.60. The van der Waals surface area contributed by atoms with Gasteiger partial charge in [-0.1, -0.05) is 44.2 Å². The lowest BCUT2D eigenvalue weighted by Gasteiger charge is -2.38. The van der Waals surface area contributed by atoms with Crippen LogP contribution in [0, 0.1) is 5.92 Å². The average molecular weight is 394 g/mol. The highest BCUT2D eigenvalue weighted by atomic mass is 19.4. The zero-order valence-corrected chi connectivity index (χ0v) is 16.4. The van der Waals surface area contributed by atoms with Crippen molar-refractivity contribution >= 4 is 16.7 Å². The Morgan fingerprint density at radius 2 is 1.86 bits per heavy atom. The Labute approximate surface area is 162 Å². The van der Waals surface area contributed by atoms with Crippen LogP contribution < -0.4 is 10.2 Å². The summed E-state index contributed by atoms with van der Waals surface area (Å²) < 4.78 is 49.0. The summed E-state index contributed by atoms with van der Waals surface area (Å²) in [4.78, 5) is 11.9. The maximum atomic E-state index is 14.4. The van der Waals surface area contributed by atoms with E-state index < -0.39 is 23.7 Å². The lowest BCUT2D eigenvalue weighted by molar-refractivity contribution is -0.203. The highest BCUT2D eigenvalue weighted by Gasteiger charge is 2.54. The molecule has 1 fully saturated rings. The van der Waals surface area contributed by atoms with Gasteiger partial charge in [0.2, 0.25) is 5.91 Å². The molecule has 1 aliphatic heterocycles. The first-order valence-electron chi connectivity index (χ1n) is 9.30. The van der Waals surface area contributed by atoms with E-state index in [2.05, 4.69) is 5.43 Å². The van der Waals surface area contributed by atoms with E-state index >= 15 is 0 Å². The van der Waals surface area contributed by atoms with Crippen LogP contribution in [-0.2, 0) is 4.79 Å². The van der Waals surface area contributed by atoms with E-state index in [9.17, 15) is 18.0 Å². The number of carbonyl (C=O) groups is 1. The lowest BCUT2D eigenvalue weighted by Crippen LogP contribution is -2.51. The molecule has 1 heterocycles. The van der Waals surface area contributed by atoms with Crippen molar-refractivity contribution in [1.29, 1.82) is 0 Å². The number of nitrogens with zero attached hydrogens (tertiary/aromatic N) is 1. The van der Waals surface area contributed by atoms with Gasteiger partial charge in [-0.15, -0.1) is 0 Å². The highest BCUT2D eigenvalue weighted by molar-refractivity contribution is 5.88. The number of carbonyl (C=O) groups excluding carboxylic acids is 1. The van der Waals surface area contributed by atoms with Crippen molar-refractivity contribution in [3.05, 3.63) is 42.0 Å². The number of hydrazine groups is 1. The smallest absolute Gasteiger partial charge is 0.410 e. The monoisotopic (exact) mass is 394 g/mol. The SMILES string of the molecule is CC(C)COc1ccc2ccccc2c1[C@H](N1NC(=O)CC1(C)C)C(F)(F)F. The Morgan fingerprint density at radius 3 is 2.43 bits per heavy atom. The number of hydrogen-bond acceptors (Lipinski definition) is 3. The third kappa shape index (κ3) is 3.94. The van der Waals surface area contributed by atoms with E-state index in [0.29, 0.717) is 17.4 Å². The van der Waals surface area contributed by atoms with Gasteiger partial charge in [0.1, 0.15) is 5.75 Å². The number of amides is 1. The second-order valence-corrected chi connectivity index (χ2v) is 8.24. The van der Waals surface area contributed by atoms with Gasteiger partial charge < -0.3 is 4.74 Å². The van der Waals surface area contributed by atoms with Crippen LogP contribution in [0.4, 0.5) is 13.2 Å². The minimum Gasteiger partial charge on any atom is -0.493 e. The van der Waals surface area contributed by atoms with E-state index in [1.165, 1.54) is 0 Å².